The first kappa shape index (κ1) is 8.42. The highest BCUT2D eigenvalue weighted by molar-refractivity contribution is 8.26. The lowest BCUT2D eigenvalue weighted by Crippen LogP contribution is -1.90. The lowest BCUT2D eigenvalue weighted by atomic mass is 11.7. The molecule has 0 saturated carbocycles. The zero-order valence-corrected chi connectivity index (χ0v) is 5.35. The van der Waals surface area contributed by atoms with E-state index in [0.29, 0.717) is 0 Å². The minimum atomic E-state index is -2.63. The molecular weight excluding hydrogens is 164 g/mol. The highest BCUT2D eigenvalue weighted by atomic mass is 32.8. The van der Waals surface area contributed by atoms with Crippen LogP contribution in [-0.2, 0) is 20.6 Å². The summed E-state index contributed by atoms with van der Waals surface area (Å²) in [5.74, 6) is -5.27. The molecule has 0 atom stereocenters. The second-order valence-electron chi connectivity index (χ2n) is 0.786. The van der Waals surface area contributed by atoms with E-state index in [9.17, 15) is 17.6 Å². The number of thiol groups is 2. The molecule has 0 amide bonds. The number of alkyl halides is 4. The molecule has 0 rings (SSSR count). The Bertz CT molecular complexity index is 70.1. The van der Waals surface area contributed by atoms with Crippen LogP contribution < -0.4 is 0 Å². The Labute approximate surface area is 50.5 Å². The summed E-state index contributed by atoms with van der Waals surface area (Å²) in [6, 6.07) is 0. The molecule has 0 aromatic rings. The average molecular weight is 168 g/mol. The molecule has 6 heteroatoms. The zero-order valence-electron chi connectivity index (χ0n) is 3.56. The smallest absolute Gasteiger partial charge is 0.198 e. The molecule has 0 N–H and O–H groups in total. The van der Waals surface area contributed by atoms with E-state index in [1.807, 2.05) is 0 Å². The van der Waals surface area contributed by atoms with Crippen molar-refractivity contribution in [1.82, 2.24) is 0 Å². The van der Waals surface area contributed by atoms with Crippen molar-refractivity contribution in [2.45, 2.75) is 11.5 Å². The van der Waals surface area contributed by atoms with Gasteiger partial charge in [0, 0.05) is 0 Å². The molecule has 0 unspecified atom stereocenters. The van der Waals surface area contributed by atoms with Crippen LogP contribution in [0.2, 0.25) is 0 Å². The summed E-state index contributed by atoms with van der Waals surface area (Å²) in [6.45, 7) is 0. The second kappa shape index (κ2) is 4.31. The van der Waals surface area contributed by atoms with Crippen molar-refractivity contribution in [3.8, 4) is 0 Å². The van der Waals surface area contributed by atoms with Gasteiger partial charge in [0.1, 0.15) is 0 Å². The molecule has 0 fully saturated rings. The quantitative estimate of drug-likeness (QED) is 0.445. The van der Waals surface area contributed by atoms with Crippen molar-refractivity contribution in [1.29, 1.82) is 0 Å². The summed E-state index contributed by atoms with van der Waals surface area (Å²) >= 11 is 0. The number of rotatable bonds is 2. The van der Waals surface area contributed by atoms with Crippen LogP contribution in [0, 0.1) is 0 Å². The van der Waals surface area contributed by atoms with Gasteiger partial charge in [-0.15, -0.1) is 20.6 Å². The Morgan fingerprint density at radius 2 is 1.00 bits per heavy atom. The predicted molar refractivity (Wildman–Crippen MR) is 29.5 cm³/mol. The Balaban J connectivity index is 3.34. The molecule has 52 valence electrons. The van der Waals surface area contributed by atoms with Crippen LogP contribution in [0.15, 0.2) is 0 Å². The number of hydrogen-bond donors (Lipinski definition) is 2. The fourth-order valence-corrected chi connectivity index (χ4v) is 0.907. The van der Waals surface area contributed by atoms with Crippen molar-refractivity contribution in [2.75, 3.05) is 0 Å². The van der Waals surface area contributed by atoms with E-state index in [-0.39, 0.29) is 0 Å². The second-order valence-corrected chi connectivity index (χ2v) is 3.41. The average Bonchev–Trinajstić information content (AvgIpc) is 1.61. The molecule has 8 heavy (non-hydrogen) atoms. The third-order valence-corrected chi connectivity index (χ3v) is 2.17. The van der Waals surface area contributed by atoms with E-state index in [2.05, 4.69) is 0 Å². The van der Waals surface area contributed by atoms with Crippen LogP contribution in [0.1, 0.15) is 0 Å². The standard InChI is InChI=1S/C2H4F4S2/c3-1(4)7-8-2(5)6/h1-2,7-8H. The van der Waals surface area contributed by atoms with Gasteiger partial charge in [-0.05, 0) is 0 Å². The predicted octanol–water partition coefficient (Wildman–Crippen LogP) is 0.976. The molecule has 0 saturated heterocycles. The van der Waals surface area contributed by atoms with E-state index in [0.717, 1.165) is 0 Å². The van der Waals surface area contributed by atoms with Gasteiger partial charge < -0.3 is 0 Å². The summed E-state index contributed by atoms with van der Waals surface area (Å²) in [7, 11) is -1.01. The molecule has 0 bridgehead atoms. The summed E-state index contributed by atoms with van der Waals surface area (Å²) in [5, 5.41) is 0. The summed E-state index contributed by atoms with van der Waals surface area (Å²) in [6.07, 6.45) is 0. The first-order valence-corrected chi connectivity index (χ1v) is 4.22. The molecule has 0 aliphatic heterocycles. The zero-order chi connectivity index (χ0) is 6.57. The minimum Gasteiger partial charge on any atom is -0.198 e. The molecule has 0 radical (unpaired) electrons. The van der Waals surface area contributed by atoms with Gasteiger partial charge in [0.2, 0.25) is 0 Å². The van der Waals surface area contributed by atoms with Crippen molar-refractivity contribution in [3.05, 3.63) is 0 Å². The Kier molecular flexibility index (Phi) is 4.54. The third-order valence-electron chi connectivity index (χ3n) is 0.241. The van der Waals surface area contributed by atoms with Crippen molar-refractivity contribution in [2.24, 2.45) is 0 Å². The van der Waals surface area contributed by atoms with E-state index in [4.69, 9.17) is 0 Å². The highest BCUT2D eigenvalue weighted by Gasteiger charge is 1.96. The Hall–Kier alpha value is 0.420. The minimum absolute atomic E-state index is 0.507. The normalized spacial score (nSPS) is 14.2. The largest absolute Gasteiger partial charge is 0.281 e. The maximum absolute atomic E-state index is 11.0. The van der Waals surface area contributed by atoms with Gasteiger partial charge >= 0.3 is 0 Å². The molecular formula is C2H4F4S2. The van der Waals surface area contributed by atoms with Gasteiger partial charge in [0.05, 0.1) is 0 Å². The van der Waals surface area contributed by atoms with Gasteiger partial charge in [-0.1, -0.05) is 0 Å². The molecule has 0 aromatic heterocycles. The monoisotopic (exact) mass is 168 g/mol. The molecule has 0 aliphatic carbocycles. The third kappa shape index (κ3) is 6.42. The van der Waals surface area contributed by atoms with Gasteiger partial charge in [0.25, 0.3) is 11.5 Å². The summed E-state index contributed by atoms with van der Waals surface area (Å²) in [5.41, 5.74) is 0. The molecule has 0 nitrogen and oxygen atoms in total. The van der Waals surface area contributed by atoms with Crippen LogP contribution >= 0.6 is 0 Å². The van der Waals surface area contributed by atoms with Gasteiger partial charge in [0.15, 0.2) is 0 Å². The van der Waals surface area contributed by atoms with Gasteiger partial charge in [-0.2, -0.15) is 17.6 Å². The van der Waals surface area contributed by atoms with Crippen LogP contribution in [0.25, 0.3) is 0 Å². The fraction of sp³-hybridized carbons (Fsp3) is 1.00. The Morgan fingerprint density at radius 3 is 1.12 bits per heavy atom. The number of halogens is 4. The highest BCUT2D eigenvalue weighted by Crippen LogP contribution is 1.94. The topological polar surface area (TPSA) is 0 Å². The fourth-order valence-electron chi connectivity index (χ4n) is 0.101. The molecule has 0 aromatic carbocycles. The van der Waals surface area contributed by atoms with Crippen LogP contribution in [-0.4, -0.2) is 11.5 Å². The lowest BCUT2D eigenvalue weighted by Gasteiger charge is -1.87. The molecule has 0 heterocycles. The van der Waals surface area contributed by atoms with Crippen LogP contribution in [0.3, 0.4) is 0 Å². The van der Waals surface area contributed by atoms with Gasteiger partial charge in [-0.25, -0.2) is 0 Å². The molecule has 0 spiro atoms. The van der Waals surface area contributed by atoms with E-state index >= 15 is 0 Å². The first-order chi connectivity index (χ1) is 3.63. The van der Waals surface area contributed by atoms with E-state index in [1.54, 1.807) is 0 Å². The van der Waals surface area contributed by atoms with Gasteiger partial charge in [-0.3, -0.25) is 0 Å². The maximum atomic E-state index is 11.0. The van der Waals surface area contributed by atoms with Crippen molar-refractivity contribution in [3.63, 3.8) is 0 Å². The van der Waals surface area contributed by atoms with Crippen molar-refractivity contribution < 1.29 is 17.6 Å². The van der Waals surface area contributed by atoms with E-state index in [1.165, 1.54) is 0 Å². The Morgan fingerprint density at radius 1 is 0.750 bits per heavy atom. The summed E-state index contributed by atoms with van der Waals surface area (Å²) in [4.78, 5) is 0. The SMILES string of the molecule is FC(F)[SH]=[SH]C(F)F. The van der Waals surface area contributed by atoms with E-state index < -0.39 is 32.2 Å². The van der Waals surface area contributed by atoms with Crippen LogP contribution in [0.5, 0.6) is 0 Å². The first-order valence-electron chi connectivity index (χ1n) is 1.59. The van der Waals surface area contributed by atoms with Crippen molar-refractivity contribution >= 4 is 20.6 Å². The summed E-state index contributed by atoms with van der Waals surface area (Å²) < 4.78 is 44.2. The maximum Gasteiger partial charge on any atom is 0.281 e. The van der Waals surface area contributed by atoms with Crippen LogP contribution in [0.4, 0.5) is 17.6 Å². The molecule has 0 aliphatic rings. The lowest BCUT2D eigenvalue weighted by molar-refractivity contribution is 0.249. The number of hydrogen-bond acceptors (Lipinski definition) is 0.